The number of hydrogen-bond donors (Lipinski definition) is 0. The van der Waals surface area contributed by atoms with E-state index in [0.717, 1.165) is 0 Å². The van der Waals surface area contributed by atoms with E-state index in [0.29, 0.717) is 0 Å². The second kappa shape index (κ2) is 9.93. The first-order valence-electron chi connectivity index (χ1n) is 15.3. The molecule has 0 heteroatoms. The van der Waals surface area contributed by atoms with Gasteiger partial charge in [0, 0.05) is 0 Å². The lowest BCUT2D eigenvalue weighted by atomic mass is 9.90. The fraction of sp³-hybridized carbons (Fsp3) is 0. The zero-order valence-electron chi connectivity index (χ0n) is 24.2. The third-order valence-corrected chi connectivity index (χ3v) is 9.22. The van der Waals surface area contributed by atoms with E-state index in [4.69, 9.17) is 0 Å². The van der Waals surface area contributed by atoms with Crippen molar-refractivity contribution in [1.29, 1.82) is 0 Å². The summed E-state index contributed by atoms with van der Waals surface area (Å²) >= 11 is 0. The maximum absolute atomic E-state index is 2.37. The Morgan fingerprint density at radius 2 is 0.773 bits per heavy atom. The Kier molecular flexibility index (Phi) is 5.61. The molecule has 0 nitrogen and oxygen atoms in total. The van der Waals surface area contributed by atoms with Crippen molar-refractivity contribution in [1.82, 2.24) is 0 Å². The molecule has 0 aliphatic heterocycles. The Morgan fingerprint density at radius 3 is 1.52 bits per heavy atom. The highest BCUT2D eigenvalue weighted by atomic mass is 14.2. The molecule has 0 aromatic heterocycles. The van der Waals surface area contributed by atoms with Crippen LogP contribution in [0.5, 0.6) is 0 Å². The van der Waals surface area contributed by atoms with Crippen LogP contribution in [-0.4, -0.2) is 0 Å². The normalized spacial score (nSPS) is 11.6. The highest BCUT2D eigenvalue weighted by Crippen LogP contribution is 2.48. The first-order chi connectivity index (χ1) is 21.8. The van der Waals surface area contributed by atoms with Crippen molar-refractivity contribution < 1.29 is 0 Å². The molecule has 0 bridgehead atoms. The van der Waals surface area contributed by atoms with Crippen LogP contribution in [-0.2, 0) is 0 Å². The monoisotopic (exact) mass is 556 g/mol. The van der Waals surface area contributed by atoms with Crippen LogP contribution in [0, 0.1) is 0 Å². The molecule has 0 heterocycles. The maximum Gasteiger partial charge on any atom is -0.00259 e. The SMILES string of the molecule is c1ccc(-c2ccc(-c3cccc(-c4ccc(-c5cc6c7c(cccc7c5)-c5ccccc5-6)cc4)c3)c3ccccc23)cc1. The molecule has 0 spiro atoms. The standard InChI is InChI=1S/C44H28/c1-2-10-31(11-3-1)36-24-25-37(39-16-5-4-15-38(36)39)33-13-8-12-32(26-33)29-20-22-30(23-21-29)35-27-34-14-9-19-42-40-17-6-7-18-41(40)43(28-35)44(34)42/h1-28H. The zero-order chi connectivity index (χ0) is 29.0. The molecule has 204 valence electrons. The van der Waals surface area contributed by atoms with Crippen molar-refractivity contribution in [2.45, 2.75) is 0 Å². The largest absolute Gasteiger partial charge is 0.0622 e. The summed E-state index contributed by atoms with van der Waals surface area (Å²) < 4.78 is 0. The summed E-state index contributed by atoms with van der Waals surface area (Å²) in [6.45, 7) is 0. The highest BCUT2D eigenvalue weighted by Gasteiger charge is 2.21. The van der Waals surface area contributed by atoms with Gasteiger partial charge in [0.2, 0.25) is 0 Å². The van der Waals surface area contributed by atoms with Gasteiger partial charge in [0.25, 0.3) is 0 Å². The summed E-state index contributed by atoms with van der Waals surface area (Å²) in [7, 11) is 0. The number of hydrogen-bond acceptors (Lipinski definition) is 0. The molecule has 0 N–H and O–H groups in total. The predicted molar refractivity (Wildman–Crippen MR) is 188 cm³/mol. The quantitative estimate of drug-likeness (QED) is 0.202. The summed E-state index contributed by atoms with van der Waals surface area (Å²) in [4.78, 5) is 0. The fourth-order valence-electron chi connectivity index (χ4n) is 7.13. The molecule has 1 aliphatic carbocycles. The van der Waals surface area contributed by atoms with E-state index in [1.54, 1.807) is 0 Å². The molecule has 0 unspecified atom stereocenters. The molecule has 0 radical (unpaired) electrons. The predicted octanol–water partition coefficient (Wildman–Crippen LogP) is 12.3. The van der Waals surface area contributed by atoms with Gasteiger partial charge in [-0.1, -0.05) is 152 Å². The van der Waals surface area contributed by atoms with Gasteiger partial charge in [-0.2, -0.15) is 0 Å². The van der Waals surface area contributed by atoms with Gasteiger partial charge in [0.05, 0.1) is 0 Å². The minimum absolute atomic E-state index is 1.22. The first-order valence-corrected chi connectivity index (χ1v) is 15.3. The Bertz CT molecular complexity index is 2360. The van der Waals surface area contributed by atoms with Crippen molar-refractivity contribution in [3.05, 3.63) is 170 Å². The van der Waals surface area contributed by atoms with E-state index in [1.807, 2.05) is 0 Å². The van der Waals surface area contributed by atoms with Crippen molar-refractivity contribution in [3.8, 4) is 66.8 Å². The van der Waals surface area contributed by atoms with E-state index in [-0.39, 0.29) is 0 Å². The molecule has 9 rings (SSSR count). The summed E-state index contributed by atoms with van der Waals surface area (Å²) in [5, 5.41) is 5.22. The van der Waals surface area contributed by atoms with Crippen molar-refractivity contribution in [2.24, 2.45) is 0 Å². The molecular formula is C44H28. The fourth-order valence-corrected chi connectivity index (χ4v) is 7.13. The van der Waals surface area contributed by atoms with Gasteiger partial charge in [0.15, 0.2) is 0 Å². The molecule has 0 saturated heterocycles. The molecule has 8 aromatic carbocycles. The van der Waals surface area contributed by atoms with E-state index >= 15 is 0 Å². The van der Waals surface area contributed by atoms with E-state index in [9.17, 15) is 0 Å². The highest BCUT2D eigenvalue weighted by molar-refractivity contribution is 6.16. The molecule has 0 amide bonds. The summed E-state index contributed by atoms with van der Waals surface area (Å²) in [6, 6.07) is 62.2. The number of benzene rings is 8. The van der Waals surface area contributed by atoms with E-state index in [1.165, 1.54) is 88.3 Å². The second-order valence-corrected chi connectivity index (χ2v) is 11.7. The van der Waals surface area contributed by atoms with Gasteiger partial charge in [-0.05, 0) is 107 Å². The lowest BCUT2D eigenvalue weighted by molar-refractivity contribution is 1.59. The topological polar surface area (TPSA) is 0 Å². The molecule has 8 aromatic rings. The van der Waals surface area contributed by atoms with Gasteiger partial charge in [0.1, 0.15) is 0 Å². The summed E-state index contributed by atoms with van der Waals surface area (Å²) in [6.07, 6.45) is 0. The molecule has 1 aliphatic rings. The Labute approximate surface area is 257 Å². The lowest BCUT2D eigenvalue weighted by Crippen LogP contribution is -1.87. The van der Waals surface area contributed by atoms with Crippen LogP contribution in [0.4, 0.5) is 0 Å². The van der Waals surface area contributed by atoms with Crippen LogP contribution in [0.15, 0.2) is 170 Å². The molecular weight excluding hydrogens is 528 g/mol. The average molecular weight is 557 g/mol. The minimum Gasteiger partial charge on any atom is -0.0622 e. The van der Waals surface area contributed by atoms with Crippen LogP contribution in [0.3, 0.4) is 0 Å². The minimum atomic E-state index is 1.22. The summed E-state index contributed by atoms with van der Waals surface area (Å²) in [5.41, 5.74) is 15.3. The summed E-state index contributed by atoms with van der Waals surface area (Å²) in [5.74, 6) is 0. The van der Waals surface area contributed by atoms with E-state index < -0.39 is 0 Å². The number of rotatable bonds is 4. The van der Waals surface area contributed by atoms with Gasteiger partial charge in [-0.3, -0.25) is 0 Å². The van der Waals surface area contributed by atoms with Crippen LogP contribution in [0.25, 0.3) is 88.3 Å². The van der Waals surface area contributed by atoms with Crippen LogP contribution < -0.4 is 0 Å². The smallest absolute Gasteiger partial charge is 0.00259 e. The van der Waals surface area contributed by atoms with Crippen molar-refractivity contribution >= 4 is 21.5 Å². The molecule has 0 saturated carbocycles. The van der Waals surface area contributed by atoms with Crippen molar-refractivity contribution in [3.63, 3.8) is 0 Å². The third kappa shape index (κ3) is 3.92. The Morgan fingerprint density at radius 1 is 0.227 bits per heavy atom. The lowest BCUT2D eigenvalue weighted by Gasteiger charge is -2.13. The molecule has 0 fully saturated rings. The Balaban J connectivity index is 1.09. The van der Waals surface area contributed by atoms with Crippen molar-refractivity contribution in [2.75, 3.05) is 0 Å². The zero-order valence-corrected chi connectivity index (χ0v) is 24.2. The first kappa shape index (κ1) is 24.8. The second-order valence-electron chi connectivity index (χ2n) is 11.7. The molecule has 0 atom stereocenters. The maximum atomic E-state index is 2.37. The van der Waals surface area contributed by atoms with Gasteiger partial charge >= 0.3 is 0 Å². The molecule has 44 heavy (non-hydrogen) atoms. The Hall–Kier alpha value is -5.72. The number of fused-ring (bicyclic) bond motifs is 4. The van der Waals surface area contributed by atoms with Crippen LogP contribution in [0.1, 0.15) is 0 Å². The van der Waals surface area contributed by atoms with Gasteiger partial charge in [-0.15, -0.1) is 0 Å². The third-order valence-electron chi connectivity index (χ3n) is 9.22. The average Bonchev–Trinajstić information content (AvgIpc) is 3.43. The van der Waals surface area contributed by atoms with Gasteiger partial charge in [-0.25, -0.2) is 0 Å². The van der Waals surface area contributed by atoms with Crippen LogP contribution in [0.2, 0.25) is 0 Å². The van der Waals surface area contributed by atoms with Gasteiger partial charge < -0.3 is 0 Å². The van der Waals surface area contributed by atoms with E-state index in [2.05, 4.69) is 170 Å². The van der Waals surface area contributed by atoms with Crippen LogP contribution >= 0.6 is 0 Å².